The highest BCUT2D eigenvalue weighted by Gasteiger charge is 2.19. The summed E-state index contributed by atoms with van der Waals surface area (Å²) in [5.74, 6) is 0.123. The molecule has 122 valence electrons. The molecule has 0 saturated carbocycles. The lowest BCUT2D eigenvalue weighted by atomic mass is 10.1. The van der Waals surface area contributed by atoms with Gasteiger partial charge >= 0.3 is 5.97 Å². The molecule has 0 fully saturated rings. The van der Waals surface area contributed by atoms with Gasteiger partial charge in [-0.15, -0.1) is 0 Å². The quantitative estimate of drug-likeness (QED) is 0.556. The molecule has 0 unspecified atom stereocenters. The maximum absolute atomic E-state index is 12.5. The maximum Gasteiger partial charge on any atom is 0.340 e. The Hall–Kier alpha value is -3.04. The van der Waals surface area contributed by atoms with E-state index in [4.69, 9.17) is 19.8 Å². The van der Waals surface area contributed by atoms with Gasteiger partial charge < -0.3 is 19.0 Å². The molecule has 0 saturated heterocycles. The molecule has 6 heteroatoms. The lowest BCUT2D eigenvalue weighted by Gasteiger charge is -2.05. The van der Waals surface area contributed by atoms with E-state index in [0.717, 1.165) is 10.9 Å². The normalized spacial score (nSPS) is 10.7. The van der Waals surface area contributed by atoms with Crippen molar-refractivity contribution in [3.63, 3.8) is 0 Å². The Bertz CT molecular complexity index is 924. The molecule has 1 N–H and O–H groups in total. The van der Waals surface area contributed by atoms with E-state index >= 15 is 0 Å². The molecule has 1 aromatic carbocycles. The van der Waals surface area contributed by atoms with Crippen molar-refractivity contribution in [2.75, 3.05) is 19.8 Å². The number of aromatic nitrogens is 1. The molecule has 0 aliphatic rings. The third kappa shape index (κ3) is 2.90. The smallest absolute Gasteiger partial charge is 0.340 e. The zero-order chi connectivity index (χ0) is 16.9. The van der Waals surface area contributed by atoms with Crippen molar-refractivity contribution >= 4 is 22.4 Å². The number of carbonyl (C=O) groups is 1. The van der Waals surface area contributed by atoms with E-state index in [1.54, 1.807) is 18.3 Å². The fraction of sp³-hybridized carbons (Fsp3) is 0.222. The van der Waals surface area contributed by atoms with Crippen LogP contribution in [0.3, 0.4) is 0 Å². The molecule has 0 radical (unpaired) electrons. The first-order valence-electron chi connectivity index (χ1n) is 7.57. The number of pyridine rings is 1. The van der Waals surface area contributed by atoms with Crippen LogP contribution in [-0.2, 0) is 4.74 Å². The molecule has 0 spiro atoms. The van der Waals surface area contributed by atoms with Gasteiger partial charge in [0.25, 0.3) is 0 Å². The summed E-state index contributed by atoms with van der Waals surface area (Å²) in [6.45, 7) is 0.106. The largest absolute Gasteiger partial charge is 0.477 e. The van der Waals surface area contributed by atoms with Crippen LogP contribution in [0.2, 0.25) is 0 Å². The van der Waals surface area contributed by atoms with Crippen molar-refractivity contribution in [3.8, 4) is 11.8 Å². The Morgan fingerprint density at radius 3 is 2.83 bits per heavy atom. The lowest BCUT2D eigenvalue weighted by molar-refractivity contribution is 0.0486. The number of hydrogen-bond acceptors (Lipinski definition) is 5. The van der Waals surface area contributed by atoms with Crippen LogP contribution in [0.25, 0.3) is 16.4 Å². The average molecular weight is 324 g/mol. The highest BCUT2D eigenvalue weighted by atomic mass is 16.5. The SMILES string of the molecule is N#CCOc1ccc2c(C(=O)OCCCO)c3ccccc3n2c1. The van der Waals surface area contributed by atoms with Gasteiger partial charge in [0.2, 0.25) is 0 Å². The van der Waals surface area contributed by atoms with Gasteiger partial charge in [0.15, 0.2) is 6.61 Å². The Labute approximate surface area is 138 Å². The minimum Gasteiger partial charge on any atom is -0.477 e. The van der Waals surface area contributed by atoms with Crippen molar-refractivity contribution in [2.24, 2.45) is 0 Å². The van der Waals surface area contributed by atoms with Crippen LogP contribution in [-0.4, -0.2) is 35.3 Å². The van der Waals surface area contributed by atoms with Gasteiger partial charge in [-0.25, -0.2) is 4.79 Å². The summed E-state index contributed by atoms with van der Waals surface area (Å²) in [5, 5.41) is 18.2. The Morgan fingerprint density at radius 2 is 2.04 bits per heavy atom. The van der Waals surface area contributed by atoms with E-state index in [-0.39, 0.29) is 19.8 Å². The van der Waals surface area contributed by atoms with Crippen LogP contribution in [0, 0.1) is 11.3 Å². The molecule has 2 aromatic heterocycles. The van der Waals surface area contributed by atoms with Crippen molar-refractivity contribution < 1.29 is 19.4 Å². The number of fused-ring (bicyclic) bond motifs is 3. The predicted octanol–water partition coefficient (Wildman–Crippen LogP) is 2.53. The summed E-state index contributed by atoms with van der Waals surface area (Å²) >= 11 is 0. The number of esters is 1. The number of nitrogens with zero attached hydrogens (tertiary/aromatic N) is 2. The minimum atomic E-state index is -0.423. The number of nitriles is 1. The van der Waals surface area contributed by atoms with Crippen molar-refractivity contribution in [1.82, 2.24) is 4.40 Å². The fourth-order valence-electron chi connectivity index (χ4n) is 2.63. The van der Waals surface area contributed by atoms with Gasteiger partial charge in [-0.05, 0) is 18.2 Å². The molecule has 2 heterocycles. The summed E-state index contributed by atoms with van der Waals surface area (Å²) in [5.41, 5.74) is 2.04. The maximum atomic E-state index is 12.5. The number of ether oxygens (including phenoxy) is 2. The number of aliphatic hydroxyl groups is 1. The monoisotopic (exact) mass is 324 g/mol. The number of aliphatic hydroxyl groups excluding tert-OH is 1. The van der Waals surface area contributed by atoms with E-state index in [2.05, 4.69) is 0 Å². The molecule has 0 bridgehead atoms. The number of carbonyl (C=O) groups excluding carboxylic acids is 1. The van der Waals surface area contributed by atoms with Crippen LogP contribution in [0.4, 0.5) is 0 Å². The topological polar surface area (TPSA) is 84.0 Å². The van der Waals surface area contributed by atoms with Gasteiger partial charge in [-0.3, -0.25) is 0 Å². The molecule has 3 aromatic rings. The second-order valence-corrected chi connectivity index (χ2v) is 5.17. The van der Waals surface area contributed by atoms with Crippen LogP contribution in [0.1, 0.15) is 16.8 Å². The first-order valence-corrected chi connectivity index (χ1v) is 7.57. The lowest BCUT2D eigenvalue weighted by Crippen LogP contribution is -2.07. The third-order valence-electron chi connectivity index (χ3n) is 3.65. The molecule has 6 nitrogen and oxygen atoms in total. The Kier molecular flexibility index (Phi) is 4.64. The van der Waals surface area contributed by atoms with Crippen molar-refractivity contribution in [2.45, 2.75) is 6.42 Å². The number of para-hydroxylation sites is 1. The molecule has 0 atom stereocenters. The summed E-state index contributed by atoms with van der Waals surface area (Å²) in [6.07, 6.45) is 2.15. The molecule has 0 amide bonds. The zero-order valence-electron chi connectivity index (χ0n) is 12.9. The van der Waals surface area contributed by atoms with Crippen LogP contribution in [0.15, 0.2) is 42.6 Å². The van der Waals surface area contributed by atoms with Gasteiger partial charge in [0.1, 0.15) is 11.8 Å². The zero-order valence-corrected chi connectivity index (χ0v) is 12.9. The van der Waals surface area contributed by atoms with Crippen LogP contribution < -0.4 is 4.74 Å². The van der Waals surface area contributed by atoms with Crippen LogP contribution in [0.5, 0.6) is 5.75 Å². The first kappa shape index (κ1) is 15.8. The molecule has 24 heavy (non-hydrogen) atoms. The van der Waals surface area contributed by atoms with Gasteiger partial charge in [-0.1, -0.05) is 18.2 Å². The molecule has 0 aliphatic heterocycles. The summed E-state index contributed by atoms with van der Waals surface area (Å²) in [4.78, 5) is 12.5. The number of rotatable bonds is 6. The summed E-state index contributed by atoms with van der Waals surface area (Å²) in [6, 6.07) is 12.9. The summed E-state index contributed by atoms with van der Waals surface area (Å²) < 4.78 is 12.4. The van der Waals surface area contributed by atoms with Gasteiger partial charge in [0, 0.05) is 18.4 Å². The summed E-state index contributed by atoms with van der Waals surface area (Å²) in [7, 11) is 0. The highest BCUT2D eigenvalue weighted by molar-refractivity contribution is 6.11. The van der Waals surface area contributed by atoms with Crippen molar-refractivity contribution in [3.05, 3.63) is 48.2 Å². The molecular weight excluding hydrogens is 308 g/mol. The standard InChI is InChI=1S/C18H16N2O4/c19-8-11-23-13-6-7-16-17(18(22)24-10-3-9-21)14-4-1-2-5-15(14)20(16)12-13/h1-2,4-7,12,21H,3,9-11H2. The van der Waals surface area contributed by atoms with Crippen molar-refractivity contribution in [1.29, 1.82) is 5.26 Å². The Balaban J connectivity index is 2.09. The van der Waals surface area contributed by atoms with Crippen LogP contribution >= 0.6 is 0 Å². The molecular formula is C18H16N2O4. The Morgan fingerprint density at radius 1 is 1.21 bits per heavy atom. The van der Waals surface area contributed by atoms with E-state index in [1.807, 2.05) is 34.7 Å². The molecule has 3 rings (SSSR count). The first-order chi connectivity index (χ1) is 11.8. The minimum absolute atomic E-state index is 0.0237. The van der Waals surface area contributed by atoms with E-state index in [9.17, 15) is 4.79 Å². The molecule has 0 aliphatic carbocycles. The third-order valence-corrected chi connectivity index (χ3v) is 3.65. The predicted molar refractivity (Wildman–Crippen MR) is 88.0 cm³/mol. The number of benzene rings is 1. The van der Waals surface area contributed by atoms with Gasteiger partial charge in [-0.2, -0.15) is 5.26 Å². The average Bonchev–Trinajstić information content (AvgIpc) is 2.94. The highest BCUT2D eigenvalue weighted by Crippen LogP contribution is 2.29. The fourth-order valence-corrected chi connectivity index (χ4v) is 2.63. The second-order valence-electron chi connectivity index (χ2n) is 5.17. The second kappa shape index (κ2) is 7.02. The van der Waals surface area contributed by atoms with Gasteiger partial charge in [0.05, 0.1) is 29.4 Å². The van der Waals surface area contributed by atoms with E-state index in [1.165, 1.54) is 0 Å². The van der Waals surface area contributed by atoms with E-state index < -0.39 is 5.97 Å². The van der Waals surface area contributed by atoms with E-state index in [0.29, 0.717) is 23.3 Å². The number of hydrogen-bond donors (Lipinski definition) is 1.